The highest BCUT2D eigenvalue weighted by molar-refractivity contribution is 6.33. The van der Waals surface area contributed by atoms with Crippen LogP contribution in [0.1, 0.15) is 5.56 Å². The highest BCUT2D eigenvalue weighted by atomic mass is 35.5. The van der Waals surface area contributed by atoms with Gasteiger partial charge in [0.25, 0.3) is 11.6 Å². The lowest BCUT2D eigenvalue weighted by Gasteiger charge is -2.08. The lowest BCUT2D eigenvalue weighted by atomic mass is 10.2. The van der Waals surface area contributed by atoms with E-state index in [1.807, 2.05) is 30.3 Å². The molecule has 0 bridgehead atoms. The maximum atomic E-state index is 11.8. The molecule has 0 aromatic heterocycles. The molecule has 10 heteroatoms. The van der Waals surface area contributed by atoms with Gasteiger partial charge < -0.3 is 10.6 Å². The number of anilines is 1. The number of carbonyl (C=O) groups is 2. The Bertz CT molecular complexity index is 858. The molecule has 0 atom stereocenters. The molecule has 0 aliphatic carbocycles. The molecule has 2 aromatic carbocycles. The van der Waals surface area contributed by atoms with Gasteiger partial charge in [-0.2, -0.15) is 5.10 Å². The molecule has 0 fully saturated rings. The molecule has 0 unspecified atom stereocenters. The van der Waals surface area contributed by atoms with Crippen molar-refractivity contribution in [2.75, 3.05) is 11.9 Å². The summed E-state index contributed by atoms with van der Waals surface area (Å²) >= 11 is 5.87. The molecule has 0 radical (unpaired) electrons. The summed E-state index contributed by atoms with van der Waals surface area (Å²) in [4.78, 5) is 33.4. The number of halogens is 1. The fourth-order valence-corrected chi connectivity index (χ4v) is 2.19. The molecule has 3 N–H and O–H groups in total. The largest absolute Gasteiger partial charge is 0.329 e. The monoisotopic (exact) mass is 389 g/mol. The van der Waals surface area contributed by atoms with E-state index in [-0.39, 0.29) is 22.9 Å². The van der Waals surface area contributed by atoms with Crippen molar-refractivity contribution in [3.8, 4) is 0 Å². The van der Waals surface area contributed by atoms with E-state index in [9.17, 15) is 19.7 Å². The smallest absolute Gasteiger partial charge is 0.319 e. The Morgan fingerprint density at radius 3 is 2.59 bits per heavy atom. The summed E-state index contributed by atoms with van der Waals surface area (Å²) in [7, 11) is 0. The van der Waals surface area contributed by atoms with Crippen molar-refractivity contribution in [1.29, 1.82) is 0 Å². The number of non-ortho nitro benzene ring substituents is 1. The van der Waals surface area contributed by atoms with Gasteiger partial charge in [-0.25, -0.2) is 10.2 Å². The molecule has 0 aliphatic rings. The lowest BCUT2D eigenvalue weighted by molar-refractivity contribution is -0.384. The Kier molecular flexibility index (Phi) is 7.26. The number of nitrogens with zero attached hydrogens (tertiary/aromatic N) is 2. The number of rotatable bonds is 7. The molecule has 0 spiro atoms. The Morgan fingerprint density at radius 1 is 1.19 bits per heavy atom. The van der Waals surface area contributed by atoms with Gasteiger partial charge in [0.2, 0.25) is 0 Å². The quantitative estimate of drug-likeness (QED) is 0.382. The number of nitrogens with one attached hydrogen (secondary N) is 3. The number of amides is 3. The van der Waals surface area contributed by atoms with E-state index in [1.165, 1.54) is 12.1 Å². The molecule has 27 heavy (non-hydrogen) atoms. The van der Waals surface area contributed by atoms with Crippen LogP contribution in [0.2, 0.25) is 5.02 Å². The summed E-state index contributed by atoms with van der Waals surface area (Å²) in [6.45, 7) is -0.306. The van der Waals surface area contributed by atoms with Gasteiger partial charge in [0.05, 0.1) is 15.6 Å². The number of carbonyl (C=O) groups excluding carboxylic acids is 2. The van der Waals surface area contributed by atoms with Crippen molar-refractivity contribution in [1.82, 2.24) is 10.7 Å². The number of nitro benzene ring substituents is 1. The zero-order valence-corrected chi connectivity index (χ0v) is 14.8. The van der Waals surface area contributed by atoms with Crippen LogP contribution in [0.15, 0.2) is 53.6 Å². The number of nitro groups is 1. The van der Waals surface area contributed by atoms with Crippen LogP contribution in [0.4, 0.5) is 16.2 Å². The SMILES string of the molecule is O=C(CNC(=O)Nc1ccc([N+](=O)[O-])cc1Cl)N/N=C\Cc1ccccc1. The van der Waals surface area contributed by atoms with Crippen molar-refractivity contribution in [3.63, 3.8) is 0 Å². The maximum Gasteiger partial charge on any atom is 0.319 e. The van der Waals surface area contributed by atoms with Gasteiger partial charge in [-0.05, 0) is 11.6 Å². The third-order valence-corrected chi connectivity index (χ3v) is 3.58. The number of urea groups is 1. The van der Waals surface area contributed by atoms with Gasteiger partial charge in [-0.1, -0.05) is 41.9 Å². The lowest BCUT2D eigenvalue weighted by Crippen LogP contribution is -2.37. The number of hydrogen-bond acceptors (Lipinski definition) is 5. The predicted molar refractivity (Wildman–Crippen MR) is 102 cm³/mol. The van der Waals surface area contributed by atoms with Crippen LogP contribution in [0, 0.1) is 10.1 Å². The molecule has 0 saturated carbocycles. The second-order valence-corrected chi connectivity index (χ2v) is 5.67. The van der Waals surface area contributed by atoms with Crippen LogP contribution in [0.5, 0.6) is 0 Å². The third kappa shape index (κ3) is 6.75. The van der Waals surface area contributed by atoms with Gasteiger partial charge in [0.1, 0.15) is 6.54 Å². The molecule has 0 aliphatic heterocycles. The fraction of sp³-hybridized carbons (Fsp3) is 0.118. The zero-order chi connectivity index (χ0) is 19.6. The minimum Gasteiger partial charge on any atom is -0.329 e. The first-order valence-electron chi connectivity index (χ1n) is 7.79. The van der Waals surface area contributed by atoms with Crippen molar-refractivity contribution in [2.45, 2.75) is 6.42 Å². The third-order valence-electron chi connectivity index (χ3n) is 3.27. The molecular formula is C17H16ClN5O4. The zero-order valence-electron chi connectivity index (χ0n) is 14.0. The molecule has 2 rings (SSSR count). The summed E-state index contributed by atoms with van der Waals surface area (Å²) in [5.41, 5.74) is 3.33. The van der Waals surface area contributed by atoms with Crippen LogP contribution in [0.25, 0.3) is 0 Å². The predicted octanol–water partition coefficient (Wildman–Crippen LogP) is 2.71. The second kappa shape index (κ2) is 9.88. The van der Waals surface area contributed by atoms with Gasteiger partial charge in [-0.3, -0.25) is 14.9 Å². The van der Waals surface area contributed by atoms with Crippen molar-refractivity contribution in [2.24, 2.45) is 5.10 Å². The van der Waals surface area contributed by atoms with Crippen molar-refractivity contribution in [3.05, 3.63) is 69.2 Å². The second-order valence-electron chi connectivity index (χ2n) is 5.27. The first-order valence-corrected chi connectivity index (χ1v) is 8.16. The summed E-state index contributed by atoms with van der Waals surface area (Å²) in [6, 6.07) is 12.5. The van der Waals surface area contributed by atoms with Crippen LogP contribution >= 0.6 is 11.6 Å². The number of hydrogen-bond donors (Lipinski definition) is 3. The van der Waals surface area contributed by atoms with E-state index >= 15 is 0 Å². The van der Waals surface area contributed by atoms with E-state index in [2.05, 4.69) is 21.2 Å². The fourth-order valence-electron chi connectivity index (χ4n) is 1.97. The van der Waals surface area contributed by atoms with Crippen LogP contribution < -0.4 is 16.1 Å². The molecule has 2 aromatic rings. The van der Waals surface area contributed by atoms with E-state index < -0.39 is 16.9 Å². The van der Waals surface area contributed by atoms with E-state index in [0.29, 0.717) is 6.42 Å². The standard InChI is InChI=1S/C17H16ClN5O4/c18-14-10-13(23(26)27)6-7-15(14)21-17(25)19-11-16(24)22-20-9-8-12-4-2-1-3-5-12/h1-7,9-10H,8,11H2,(H,22,24)(H2,19,21,25)/b20-9-. The van der Waals surface area contributed by atoms with Gasteiger partial charge >= 0.3 is 6.03 Å². The van der Waals surface area contributed by atoms with E-state index in [0.717, 1.165) is 11.6 Å². The maximum absolute atomic E-state index is 11.8. The Labute approximate surface area is 159 Å². The number of benzene rings is 2. The Morgan fingerprint density at radius 2 is 1.93 bits per heavy atom. The topological polar surface area (TPSA) is 126 Å². The minimum absolute atomic E-state index is 0.00862. The summed E-state index contributed by atoms with van der Waals surface area (Å²) in [5, 5.41) is 19.2. The van der Waals surface area contributed by atoms with E-state index in [1.54, 1.807) is 6.21 Å². The highest BCUT2D eigenvalue weighted by Crippen LogP contribution is 2.26. The molecule has 140 valence electrons. The molecule has 3 amide bonds. The molecule has 0 saturated heterocycles. The number of hydrazone groups is 1. The minimum atomic E-state index is -0.686. The average molecular weight is 390 g/mol. The first-order chi connectivity index (χ1) is 13.0. The normalized spacial score (nSPS) is 10.4. The molecular weight excluding hydrogens is 374 g/mol. The van der Waals surface area contributed by atoms with Crippen LogP contribution in [-0.4, -0.2) is 29.6 Å². The van der Waals surface area contributed by atoms with Crippen LogP contribution in [0.3, 0.4) is 0 Å². The average Bonchev–Trinajstić information content (AvgIpc) is 2.66. The van der Waals surface area contributed by atoms with Crippen molar-refractivity contribution < 1.29 is 14.5 Å². The highest BCUT2D eigenvalue weighted by Gasteiger charge is 2.12. The first kappa shape index (κ1) is 19.9. The van der Waals surface area contributed by atoms with Gasteiger partial charge in [0.15, 0.2) is 0 Å². The van der Waals surface area contributed by atoms with Gasteiger partial charge in [-0.15, -0.1) is 0 Å². The summed E-state index contributed by atoms with van der Waals surface area (Å²) in [5.74, 6) is -0.510. The van der Waals surface area contributed by atoms with E-state index in [4.69, 9.17) is 11.6 Å². The van der Waals surface area contributed by atoms with Gasteiger partial charge in [0, 0.05) is 24.8 Å². The van der Waals surface area contributed by atoms with Crippen LogP contribution in [-0.2, 0) is 11.2 Å². The molecule has 0 heterocycles. The Balaban J connectivity index is 1.73. The Hall–Kier alpha value is -3.46. The summed E-state index contributed by atoms with van der Waals surface area (Å²) < 4.78 is 0. The summed E-state index contributed by atoms with van der Waals surface area (Å²) in [6.07, 6.45) is 2.11. The van der Waals surface area contributed by atoms with Crippen molar-refractivity contribution >= 4 is 41.1 Å². The molecule has 9 nitrogen and oxygen atoms in total.